The van der Waals surface area contributed by atoms with Crippen molar-refractivity contribution in [2.75, 3.05) is 0 Å². The monoisotopic (exact) mass is 351 g/mol. The third-order valence-corrected chi connectivity index (χ3v) is 4.23. The number of hydrogen-bond donors (Lipinski definition) is 1. The number of carbonyl (C=O) groups excluding carboxylic acids is 1. The summed E-state index contributed by atoms with van der Waals surface area (Å²) in [4.78, 5) is 16.9. The summed E-state index contributed by atoms with van der Waals surface area (Å²) in [5.41, 5.74) is 1.56. The molecule has 7 heteroatoms. The Morgan fingerprint density at radius 3 is 2.64 bits per heavy atom. The zero-order valence-corrected chi connectivity index (χ0v) is 13.8. The highest BCUT2D eigenvalue weighted by atomic mass is 35.5. The number of carbonyl (C=O) groups is 1. The molecule has 1 amide bonds. The molecule has 1 saturated heterocycles. The maximum atomic E-state index is 12.0. The van der Waals surface area contributed by atoms with Gasteiger partial charge in [0.1, 0.15) is 0 Å². The molecule has 0 spiro atoms. The number of aryl methyl sites for hydroxylation is 1. The van der Waals surface area contributed by atoms with Crippen LogP contribution in [0.4, 0.5) is 5.69 Å². The summed E-state index contributed by atoms with van der Waals surface area (Å²) in [6.45, 7) is 0. The van der Waals surface area contributed by atoms with Gasteiger partial charge in [0.2, 0.25) is 0 Å². The molecule has 1 aromatic heterocycles. The van der Waals surface area contributed by atoms with E-state index in [4.69, 9.17) is 23.2 Å². The van der Waals surface area contributed by atoms with Crippen LogP contribution in [-0.4, -0.2) is 15.6 Å². The van der Waals surface area contributed by atoms with Gasteiger partial charge in [-0.25, -0.2) is 4.99 Å². The highest BCUT2D eigenvalue weighted by Gasteiger charge is 2.23. The van der Waals surface area contributed by atoms with Gasteiger partial charge < -0.3 is 9.88 Å². The van der Waals surface area contributed by atoms with Crippen LogP contribution in [0.25, 0.3) is 6.08 Å². The number of hydrogen-bond acceptors (Lipinski definition) is 3. The lowest BCUT2D eigenvalue weighted by molar-refractivity contribution is -0.115. The fourth-order valence-corrected chi connectivity index (χ4v) is 3.32. The Bertz CT molecular complexity index is 791. The summed E-state index contributed by atoms with van der Waals surface area (Å²) in [7, 11) is 1.93. The lowest BCUT2D eigenvalue weighted by Crippen LogP contribution is -2.19. The van der Waals surface area contributed by atoms with E-state index in [-0.39, 0.29) is 5.91 Å². The number of rotatable bonds is 2. The molecule has 1 N–H and O–H groups in total. The minimum Gasteiger partial charge on any atom is -0.357 e. The van der Waals surface area contributed by atoms with Crippen molar-refractivity contribution in [3.05, 3.63) is 57.2 Å². The van der Waals surface area contributed by atoms with E-state index >= 15 is 0 Å². The second-order valence-electron chi connectivity index (χ2n) is 4.72. The molecule has 4 nitrogen and oxygen atoms in total. The first-order valence-electron chi connectivity index (χ1n) is 6.37. The molecule has 0 unspecified atom stereocenters. The van der Waals surface area contributed by atoms with Crippen LogP contribution in [0.15, 0.2) is 46.6 Å². The number of nitrogens with one attached hydrogen (secondary N) is 1. The van der Waals surface area contributed by atoms with Crippen molar-refractivity contribution in [1.82, 2.24) is 9.88 Å². The van der Waals surface area contributed by atoms with E-state index in [0.29, 0.717) is 25.8 Å². The highest BCUT2D eigenvalue weighted by Crippen LogP contribution is 2.30. The van der Waals surface area contributed by atoms with Gasteiger partial charge in [0.25, 0.3) is 5.91 Å². The first kappa shape index (κ1) is 15.2. The number of amidine groups is 1. The molecular weight excluding hydrogens is 341 g/mol. The smallest absolute Gasteiger partial charge is 0.264 e. The van der Waals surface area contributed by atoms with Crippen LogP contribution in [-0.2, 0) is 11.8 Å². The number of halogens is 2. The average Bonchev–Trinajstić information content (AvgIpc) is 2.95. The summed E-state index contributed by atoms with van der Waals surface area (Å²) < 4.78 is 1.92. The number of aromatic nitrogens is 1. The van der Waals surface area contributed by atoms with Crippen LogP contribution in [0.2, 0.25) is 10.0 Å². The van der Waals surface area contributed by atoms with Crippen LogP contribution < -0.4 is 5.32 Å². The van der Waals surface area contributed by atoms with Crippen LogP contribution in [0.5, 0.6) is 0 Å². The Labute approximate surface area is 141 Å². The van der Waals surface area contributed by atoms with E-state index in [1.165, 1.54) is 11.8 Å². The van der Waals surface area contributed by atoms with E-state index in [9.17, 15) is 4.79 Å². The Morgan fingerprint density at radius 1 is 1.27 bits per heavy atom. The van der Waals surface area contributed by atoms with Crippen LogP contribution in [0.3, 0.4) is 0 Å². The third-order valence-electron chi connectivity index (χ3n) is 2.88. The molecule has 0 aliphatic carbocycles. The molecule has 1 aromatic carbocycles. The second-order valence-corrected chi connectivity index (χ2v) is 6.62. The lowest BCUT2D eigenvalue weighted by atomic mass is 10.3. The molecule has 0 saturated carbocycles. The van der Waals surface area contributed by atoms with Crippen molar-refractivity contribution in [3.8, 4) is 0 Å². The van der Waals surface area contributed by atoms with Crippen molar-refractivity contribution in [3.63, 3.8) is 0 Å². The number of aliphatic imine (C=N–C) groups is 1. The molecule has 3 rings (SSSR count). The van der Waals surface area contributed by atoms with Crippen molar-refractivity contribution in [1.29, 1.82) is 0 Å². The predicted octanol–water partition coefficient (Wildman–Crippen LogP) is 4.22. The van der Waals surface area contributed by atoms with E-state index in [1.54, 1.807) is 18.2 Å². The average molecular weight is 352 g/mol. The van der Waals surface area contributed by atoms with Gasteiger partial charge in [0.05, 0.1) is 10.6 Å². The maximum Gasteiger partial charge on any atom is 0.264 e. The standard InChI is InChI=1S/C15H11Cl2N3OS/c1-20-3-2-9(8-20)4-13-14(21)19-15(22-13)18-12-6-10(16)5-11(17)7-12/h2-8H,1H3,(H,18,19,21). The fraction of sp³-hybridized carbons (Fsp3) is 0.0667. The zero-order chi connectivity index (χ0) is 15.7. The Balaban J connectivity index is 1.85. The summed E-state index contributed by atoms with van der Waals surface area (Å²) in [5.74, 6) is -0.166. The molecule has 2 aromatic rings. The van der Waals surface area contributed by atoms with Crippen molar-refractivity contribution in [2.45, 2.75) is 0 Å². The van der Waals surface area contributed by atoms with Gasteiger partial charge in [0, 0.05) is 29.5 Å². The number of amides is 1. The van der Waals surface area contributed by atoms with Gasteiger partial charge in [-0.2, -0.15) is 0 Å². The van der Waals surface area contributed by atoms with E-state index in [2.05, 4.69) is 10.3 Å². The summed E-state index contributed by atoms with van der Waals surface area (Å²) >= 11 is 13.2. The molecule has 1 fully saturated rings. The van der Waals surface area contributed by atoms with Crippen molar-refractivity contribution < 1.29 is 4.79 Å². The molecular formula is C15H11Cl2N3OS. The summed E-state index contributed by atoms with van der Waals surface area (Å²) in [6.07, 6.45) is 5.69. The summed E-state index contributed by atoms with van der Waals surface area (Å²) in [5, 5.41) is 4.24. The molecule has 22 heavy (non-hydrogen) atoms. The third kappa shape index (κ3) is 3.55. The lowest BCUT2D eigenvalue weighted by Gasteiger charge is -1.98. The van der Waals surface area contributed by atoms with Gasteiger partial charge in [-0.1, -0.05) is 23.2 Å². The van der Waals surface area contributed by atoms with E-state index in [1.807, 2.05) is 36.2 Å². The second kappa shape index (κ2) is 6.20. The first-order chi connectivity index (χ1) is 10.5. The van der Waals surface area contributed by atoms with E-state index < -0.39 is 0 Å². The Kier molecular flexibility index (Phi) is 4.29. The first-order valence-corrected chi connectivity index (χ1v) is 7.94. The predicted molar refractivity (Wildman–Crippen MR) is 92.7 cm³/mol. The van der Waals surface area contributed by atoms with Gasteiger partial charge in [-0.3, -0.25) is 4.79 Å². The van der Waals surface area contributed by atoms with E-state index in [0.717, 1.165) is 5.56 Å². The molecule has 1 aliphatic heterocycles. The topological polar surface area (TPSA) is 46.4 Å². The van der Waals surface area contributed by atoms with Gasteiger partial charge >= 0.3 is 0 Å². The quantitative estimate of drug-likeness (QED) is 0.823. The highest BCUT2D eigenvalue weighted by molar-refractivity contribution is 8.18. The Morgan fingerprint density at radius 2 is 2.00 bits per heavy atom. The SMILES string of the molecule is Cn1ccc(C=C2SC(=Nc3cc(Cl)cc(Cl)c3)NC2=O)c1. The molecule has 0 bridgehead atoms. The summed E-state index contributed by atoms with van der Waals surface area (Å²) in [6, 6.07) is 6.94. The van der Waals surface area contributed by atoms with Crippen LogP contribution in [0.1, 0.15) is 5.56 Å². The molecule has 1 aliphatic rings. The van der Waals surface area contributed by atoms with Gasteiger partial charge in [0.15, 0.2) is 5.17 Å². The maximum absolute atomic E-state index is 12.0. The van der Waals surface area contributed by atoms with Crippen LogP contribution in [0, 0.1) is 0 Å². The van der Waals surface area contributed by atoms with Crippen molar-refractivity contribution in [2.24, 2.45) is 12.0 Å². The minimum absolute atomic E-state index is 0.166. The molecule has 2 heterocycles. The van der Waals surface area contributed by atoms with Gasteiger partial charge in [-0.05, 0) is 47.7 Å². The number of nitrogens with zero attached hydrogens (tertiary/aromatic N) is 2. The zero-order valence-electron chi connectivity index (χ0n) is 11.5. The normalized spacial score (nSPS) is 18.2. The van der Waals surface area contributed by atoms with Gasteiger partial charge in [-0.15, -0.1) is 0 Å². The largest absolute Gasteiger partial charge is 0.357 e. The number of benzene rings is 1. The molecule has 0 atom stereocenters. The van der Waals surface area contributed by atoms with Crippen LogP contribution >= 0.6 is 35.0 Å². The minimum atomic E-state index is -0.166. The number of thioether (sulfide) groups is 1. The molecule has 0 radical (unpaired) electrons. The Hall–Kier alpha value is -1.69. The fourth-order valence-electron chi connectivity index (χ4n) is 1.96. The molecule has 112 valence electrons. The van der Waals surface area contributed by atoms with Crippen molar-refractivity contribution >= 4 is 57.8 Å².